The fraction of sp³-hybridized carbons (Fsp3) is 0.786. The summed E-state index contributed by atoms with van der Waals surface area (Å²) in [6, 6.07) is -0.107. The Hall–Kier alpha value is -1.17. The normalized spacial score (nSPS) is 18.4. The number of carbonyl (C=O) groups is 2. The molecule has 1 fully saturated rings. The van der Waals surface area contributed by atoms with Crippen LogP contribution in [0.2, 0.25) is 0 Å². The molecule has 0 bridgehead atoms. The Morgan fingerprint density at radius 3 is 2.00 bits per heavy atom. The van der Waals surface area contributed by atoms with Gasteiger partial charge in [-0.2, -0.15) is 0 Å². The van der Waals surface area contributed by atoms with Crippen molar-refractivity contribution in [2.24, 2.45) is 16.9 Å². The van der Waals surface area contributed by atoms with Crippen molar-refractivity contribution in [3.63, 3.8) is 0 Å². The van der Waals surface area contributed by atoms with Gasteiger partial charge in [0.05, 0.1) is 16.9 Å². The lowest BCUT2D eigenvalue weighted by atomic mass is 9.78. The summed E-state index contributed by atoms with van der Waals surface area (Å²) in [5.41, 5.74) is 10.4. The minimum atomic E-state index is -0.800. The molecule has 0 spiro atoms. The van der Waals surface area contributed by atoms with Crippen LogP contribution in [0.5, 0.6) is 0 Å². The Bertz CT molecular complexity index is 388. The van der Waals surface area contributed by atoms with Crippen molar-refractivity contribution < 1.29 is 9.59 Å². The summed E-state index contributed by atoms with van der Waals surface area (Å²) in [5.74, 6) is -0.653. The monoisotopic (exact) mass is 299 g/mol. The topological polar surface area (TPSA) is 89.4 Å². The highest BCUT2D eigenvalue weighted by molar-refractivity contribution is 7.80. The van der Waals surface area contributed by atoms with Gasteiger partial charge in [0.1, 0.15) is 0 Å². The predicted octanol–water partition coefficient (Wildman–Crippen LogP) is 1.34. The van der Waals surface area contributed by atoms with Gasteiger partial charge in [-0.25, -0.2) is 0 Å². The number of primary amides is 1. The van der Waals surface area contributed by atoms with E-state index in [9.17, 15) is 9.59 Å². The molecule has 1 saturated carbocycles. The highest BCUT2D eigenvalue weighted by atomic mass is 32.1. The van der Waals surface area contributed by atoms with Crippen LogP contribution in [-0.2, 0) is 9.59 Å². The van der Waals surface area contributed by atoms with Gasteiger partial charge in [0.2, 0.25) is 11.8 Å². The van der Waals surface area contributed by atoms with E-state index in [4.69, 9.17) is 23.7 Å². The number of hydrogen-bond acceptors (Lipinski definition) is 3. The molecule has 20 heavy (non-hydrogen) atoms. The molecule has 114 valence electrons. The quantitative estimate of drug-likeness (QED) is 0.592. The summed E-state index contributed by atoms with van der Waals surface area (Å²) < 4.78 is 0. The summed E-state index contributed by atoms with van der Waals surface area (Å²) in [5, 5.41) is 0. The van der Waals surface area contributed by atoms with Crippen molar-refractivity contribution in [1.82, 2.24) is 4.90 Å². The molecule has 0 saturated heterocycles. The van der Waals surface area contributed by atoms with E-state index in [0.717, 1.165) is 25.7 Å². The molecule has 0 aliphatic heterocycles. The van der Waals surface area contributed by atoms with Gasteiger partial charge < -0.3 is 16.4 Å². The first-order chi connectivity index (χ1) is 9.31. The molecule has 0 heterocycles. The molecular formula is C14H25N3O2S. The average molecular weight is 299 g/mol. The molecule has 5 nitrogen and oxygen atoms in total. The number of rotatable bonds is 5. The van der Waals surface area contributed by atoms with E-state index in [-0.39, 0.29) is 23.5 Å². The molecule has 0 radical (unpaired) electrons. The summed E-state index contributed by atoms with van der Waals surface area (Å²) in [6.45, 7) is 3.65. The van der Waals surface area contributed by atoms with Crippen LogP contribution in [0, 0.1) is 5.41 Å². The Morgan fingerprint density at radius 2 is 1.65 bits per heavy atom. The Kier molecular flexibility index (Phi) is 5.92. The van der Waals surface area contributed by atoms with Gasteiger partial charge in [0, 0.05) is 6.04 Å². The summed E-state index contributed by atoms with van der Waals surface area (Å²) in [7, 11) is 0. The fourth-order valence-corrected chi connectivity index (χ4v) is 3.12. The third-order valence-electron chi connectivity index (χ3n) is 4.05. The number of carbonyl (C=O) groups excluding carboxylic acids is 2. The molecule has 1 aliphatic carbocycles. The molecule has 0 atom stereocenters. The van der Waals surface area contributed by atoms with Crippen molar-refractivity contribution in [3.8, 4) is 0 Å². The Balaban J connectivity index is 3.07. The average Bonchev–Trinajstić information content (AvgIpc) is 2.61. The van der Waals surface area contributed by atoms with E-state index >= 15 is 0 Å². The molecule has 2 amide bonds. The minimum Gasteiger partial charge on any atom is -0.392 e. The fourth-order valence-electron chi connectivity index (χ4n) is 2.83. The molecule has 1 aliphatic rings. The van der Waals surface area contributed by atoms with E-state index in [1.807, 2.05) is 13.8 Å². The second kappa shape index (κ2) is 7.02. The highest BCUT2D eigenvalue weighted by Gasteiger charge is 2.44. The summed E-state index contributed by atoms with van der Waals surface area (Å²) >= 11 is 5.20. The number of amides is 2. The molecule has 0 aromatic heterocycles. The SMILES string of the molecule is CC(C)N(CC(N)=O)C(=O)C1(C(N)=S)CCCCCC1. The largest absolute Gasteiger partial charge is 0.392 e. The third kappa shape index (κ3) is 3.69. The van der Waals surface area contributed by atoms with Crippen molar-refractivity contribution in [1.29, 1.82) is 0 Å². The highest BCUT2D eigenvalue weighted by Crippen LogP contribution is 2.37. The van der Waals surface area contributed by atoms with E-state index in [2.05, 4.69) is 0 Å². The van der Waals surface area contributed by atoms with E-state index in [0.29, 0.717) is 12.8 Å². The second-order valence-corrected chi connectivity index (χ2v) is 6.29. The predicted molar refractivity (Wildman–Crippen MR) is 83.0 cm³/mol. The van der Waals surface area contributed by atoms with Crippen LogP contribution in [0.1, 0.15) is 52.4 Å². The maximum absolute atomic E-state index is 12.9. The zero-order chi connectivity index (χ0) is 15.3. The standard InChI is InChI=1S/C14H25N3O2S/c1-10(2)17(9-11(15)18)13(19)14(12(16)20)7-5-3-4-6-8-14/h10H,3-9H2,1-2H3,(H2,15,18)(H2,16,20). The Labute approximate surface area is 126 Å². The lowest BCUT2D eigenvalue weighted by Gasteiger charge is -2.37. The first kappa shape index (κ1) is 16.9. The summed E-state index contributed by atoms with van der Waals surface area (Å²) in [6.07, 6.45) is 5.40. The van der Waals surface area contributed by atoms with Crippen LogP contribution < -0.4 is 11.5 Å². The third-order valence-corrected chi connectivity index (χ3v) is 4.44. The van der Waals surface area contributed by atoms with Gasteiger partial charge in [-0.1, -0.05) is 37.9 Å². The molecule has 1 rings (SSSR count). The van der Waals surface area contributed by atoms with Crippen LogP contribution in [0.15, 0.2) is 0 Å². The van der Waals surface area contributed by atoms with Gasteiger partial charge in [0.25, 0.3) is 0 Å². The summed E-state index contributed by atoms with van der Waals surface area (Å²) in [4.78, 5) is 25.9. The first-order valence-corrected chi connectivity index (χ1v) is 7.61. The zero-order valence-corrected chi connectivity index (χ0v) is 13.2. The minimum absolute atomic E-state index is 0.0825. The molecular weight excluding hydrogens is 274 g/mol. The molecule has 0 aromatic carbocycles. The Morgan fingerprint density at radius 1 is 1.15 bits per heavy atom. The van der Waals surface area contributed by atoms with Gasteiger partial charge >= 0.3 is 0 Å². The van der Waals surface area contributed by atoms with Crippen molar-refractivity contribution in [2.75, 3.05) is 6.54 Å². The van der Waals surface area contributed by atoms with Gasteiger partial charge in [-0.3, -0.25) is 9.59 Å². The van der Waals surface area contributed by atoms with Gasteiger partial charge in [-0.05, 0) is 26.7 Å². The van der Waals surface area contributed by atoms with Gasteiger partial charge in [-0.15, -0.1) is 0 Å². The van der Waals surface area contributed by atoms with Crippen LogP contribution in [0.25, 0.3) is 0 Å². The number of nitrogens with two attached hydrogens (primary N) is 2. The lowest BCUT2D eigenvalue weighted by molar-refractivity contribution is -0.143. The first-order valence-electron chi connectivity index (χ1n) is 7.20. The molecule has 6 heteroatoms. The van der Waals surface area contributed by atoms with E-state index < -0.39 is 11.3 Å². The van der Waals surface area contributed by atoms with Crippen LogP contribution >= 0.6 is 12.2 Å². The molecule has 0 unspecified atom stereocenters. The van der Waals surface area contributed by atoms with Crippen molar-refractivity contribution in [2.45, 2.75) is 58.4 Å². The zero-order valence-electron chi connectivity index (χ0n) is 12.4. The smallest absolute Gasteiger partial charge is 0.237 e. The van der Waals surface area contributed by atoms with E-state index in [1.54, 1.807) is 0 Å². The lowest BCUT2D eigenvalue weighted by Crippen LogP contribution is -2.54. The van der Waals surface area contributed by atoms with Gasteiger partial charge in [0.15, 0.2) is 0 Å². The molecule has 0 aromatic rings. The second-order valence-electron chi connectivity index (χ2n) is 5.85. The van der Waals surface area contributed by atoms with Crippen LogP contribution in [0.4, 0.5) is 0 Å². The molecule has 4 N–H and O–H groups in total. The van der Waals surface area contributed by atoms with Crippen molar-refractivity contribution in [3.05, 3.63) is 0 Å². The maximum Gasteiger partial charge on any atom is 0.237 e. The maximum atomic E-state index is 12.9. The van der Waals surface area contributed by atoms with E-state index in [1.165, 1.54) is 4.90 Å². The van der Waals surface area contributed by atoms with Crippen LogP contribution in [-0.4, -0.2) is 34.3 Å². The van der Waals surface area contributed by atoms with Crippen LogP contribution in [0.3, 0.4) is 0 Å². The number of hydrogen-bond donors (Lipinski definition) is 2. The van der Waals surface area contributed by atoms with Crippen molar-refractivity contribution >= 4 is 29.0 Å². The number of thiocarbonyl (C=S) groups is 1. The number of nitrogens with zero attached hydrogens (tertiary/aromatic N) is 1.